The number of rotatable bonds is 6. The van der Waals surface area contributed by atoms with E-state index in [1.54, 1.807) is 25.1 Å². The van der Waals surface area contributed by atoms with Crippen molar-refractivity contribution in [2.24, 2.45) is 0 Å². The molecule has 0 saturated carbocycles. The van der Waals surface area contributed by atoms with Crippen molar-refractivity contribution < 1.29 is 23.4 Å². The summed E-state index contributed by atoms with van der Waals surface area (Å²) in [4.78, 5) is 12.6. The summed E-state index contributed by atoms with van der Waals surface area (Å²) in [6.07, 6.45) is -0.734. The van der Waals surface area contributed by atoms with Gasteiger partial charge in [0, 0.05) is 5.56 Å². The molecule has 26 heavy (non-hydrogen) atoms. The highest BCUT2D eigenvalue weighted by atomic mass is 16.6. The van der Waals surface area contributed by atoms with Gasteiger partial charge in [-0.15, -0.1) is 10.2 Å². The van der Waals surface area contributed by atoms with E-state index in [9.17, 15) is 4.79 Å². The van der Waals surface area contributed by atoms with Crippen molar-refractivity contribution in [3.63, 3.8) is 0 Å². The largest absolute Gasteiger partial charge is 0.496 e. The minimum atomic E-state index is -0.734. The van der Waals surface area contributed by atoms with E-state index in [0.717, 1.165) is 5.56 Å². The molecule has 7 nitrogen and oxygen atoms in total. The zero-order valence-corrected chi connectivity index (χ0v) is 14.6. The molecule has 1 heterocycles. The third kappa shape index (κ3) is 3.51. The van der Waals surface area contributed by atoms with E-state index in [2.05, 4.69) is 10.2 Å². The SMILES string of the molecule is COc1cccc(OC)c1C(=O)O[C@H](C)c1nnc(-c2ccccc2)o1. The fourth-order valence-corrected chi connectivity index (χ4v) is 2.42. The molecule has 0 unspecified atom stereocenters. The Morgan fingerprint density at radius 2 is 1.62 bits per heavy atom. The van der Waals surface area contributed by atoms with Crippen molar-refractivity contribution in [2.45, 2.75) is 13.0 Å². The molecule has 0 spiro atoms. The van der Waals surface area contributed by atoms with E-state index in [-0.39, 0.29) is 11.5 Å². The molecule has 0 radical (unpaired) electrons. The summed E-state index contributed by atoms with van der Waals surface area (Å²) in [6, 6.07) is 14.4. The lowest BCUT2D eigenvalue weighted by atomic mass is 10.1. The highest BCUT2D eigenvalue weighted by Crippen LogP contribution is 2.31. The molecule has 7 heteroatoms. The van der Waals surface area contributed by atoms with Crippen LogP contribution in [0.2, 0.25) is 0 Å². The summed E-state index contributed by atoms with van der Waals surface area (Å²) in [5, 5.41) is 7.97. The summed E-state index contributed by atoms with van der Waals surface area (Å²) in [5.41, 5.74) is 0.989. The van der Waals surface area contributed by atoms with Gasteiger partial charge in [-0.1, -0.05) is 24.3 Å². The third-order valence-electron chi connectivity index (χ3n) is 3.72. The highest BCUT2D eigenvalue weighted by molar-refractivity contribution is 5.95. The molecule has 3 rings (SSSR count). The first-order valence-electron chi connectivity index (χ1n) is 7.94. The molecule has 0 aliphatic rings. The Kier molecular flexibility index (Phi) is 5.17. The Bertz CT molecular complexity index is 870. The maximum Gasteiger partial charge on any atom is 0.346 e. The second-order valence-corrected chi connectivity index (χ2v) is 5.40. The van der Waals surface area contributed by atoms with E-state index in [1.807, 2.05) is 30.3 Å². The van der Waals surface area contributed by atoms with Gasteiger partial charge in [-0.25, -0.2) is 4.79 Å². The van der Waals surface area contributed by atoms with E-state index in [1.165, 1.54) is 14.2 Å². The zero-order valence-electron chi connectivity index (χ0n) is 14.6. The maximum atomic E-state index is 12.6. The molecular formula is C19H18N2O5. The van der Waals surface area contributed by atoms with Crippen LogP contribution in [0.1, 0.15) is 29.3 Å². The Labute approximate surface area is 150 Å². The Morgan fingerprint density at radius 3 is 2.23 bits per heavy atom. The fraction of sp³-hybridized carbons (Fsp3) is 0.211. The first-order valence-corrected chi connectivity index (χ1v) is 7.94. The molecule has 134 valence electrons. The molecule has 0 N–H and O–H groups in total. The number of methoxy groups -OCH3 is 2. The smallest absolute Gasteiger partial charge is 0.346 e. The van der Waals surface area contributed by atoms with Gasteiger partial charge < -0.3 is 18.6 Å². The number of ether oxygens (including phenoxy) is 3. The van der Waals surface area contributed by atoms with Crippen molar-refractivity contribution in [2.75, 3.05) is 14.2 Å². The molecule has 1 atom stereocenters. The Hall–Kier alpha value is -3.35. The number of esters is 1. The van der Waals surface area contributed by atoms with Gasteiger partial charge in [0.05, 0.1) is 14.2 Å². The summed E-state index contributed by atoms with van der Waals surface area (Å²) in [5.74, 6) is 0.671. The number of hydrogen-bond acceptors (Lipinski definition) is 7. The number of hydrogen-bond donors (Lipinski definition) is 0. The lowest BCUT2D eigenvalue weighted by Crippen LogP contribution is -2.12. The lowest BCUT2D eigenvalue weighted by molar-refractivity contribution is 0.0273. The van der Waals surface area contributed by atoms with Gasteiger partial charge >= 0.3 is 5.97 Å². The molecule has 2 aromatic carbocycles. The number of aromatic nitrogens is 2. The Balaban J connectivity index is 1.80. The standard InChI is InChI=1S/C19H18N2O5/c1-12(17-20-21-18(26-17)13-8-5-4-6-9-13)25-19(22)16-14(23-2)10-7-11-15(16)24-3/h4-12H,1-3H3/t12-/m1/s1. The van der Waals surface area contributed by atoms with Crippen LogP contribution in [-0.2, 0) is 4.74 Å². The van der Waals surface area contributed by atoms with Gasteiger partial charge in [-0.05, 0) is 31.2 Å². The molecular weight excluding hydrogens is 336 g/mol. The minimum absolute atomic E-state index is 0.200. The molecule has 0 fully saturated rings. The van der Waals surface area contributed by atoms with Crippen molar-refractivity contribution in [1.29, 1.82) is 0 Å². The summed E-state index contributed by atoms with van der Waals surface area (Å²) in [6.45, 7) is 1.65. The third-order valence-corrected chi connectivity index (χ3v) is 3.72. The second-order valence-electron chi connectivity index (χ2n) is 5.40. The predicted molar refractivity (Wildman–Crippen MR) is 93.1 cm³/mol. The summed E-state index contributed by atoms with van der Waals surface area (Å²) in [7, 11) is 2.94. The molecule has 3 aromatic rings. The highest BCUT2D eigenvalue weighted by Gasteiger charge is 2.25. The first kappa shape index (κ1) is 17.5. The summed E-state index contributed by atoms with van der Waals surface area (Å²) < 4.78 is 21.5. The van der Waals surface area contributed by atoms with E-state index in [0.29, 0.717) is 17.4 Å². The predicted octanol–water partition coefficient (Wildman–Crippen LogP) is 3.67. The van der Waals surface area contributed by atoms with Crippen LogP contribution in [0.5, 0.6) is 11.5 Å². The van der Waals surface area contributed by atoms with E-state index in [4.69, 9.17) is 18.6 Å². The van der Waals surface area contributed by atoms with Gasteiger partial charge in [0.1, 0.15) is 17.1 Å². The van der Waals surface area contributed by atoms with Gasteiger partial charge in [-0.3, -0.25) is 0 Å². The average molecular weight is 354 g/mol. The van der Waals surface area contributed by atoms with Crippen molar-refractivity contribution >= 4 is 5.97 Å². The van der Waals surface area contributed by atoms with Crippen LogP contribution in [0.15, 0.2) is 52.9 Å². The van der Waals surface area contributed by atoms with Gasteiger partial charge in [0.15, 0.2) is 6.10 Å². The molecule has 0 bridgehead atoms. The Morgan fingerprint density at radius 1 is 0.962 bits per heavy atom. The first-order chi connectivity index (χ1) is 12.6. The summed E-state index contributed by atoms with van der Waals surface area (Å²) >= 11 is 0. The van der Waals surface area contributed by atoms with Crippen molar-refractivity contribution in [1.82, 2.24) is 10.2 Å². The maximum absolute atomic E-state index is 12.6. The molecule has 1 aromatic heterocycles. The molecule has 0 aliphatic heterocycles. The number of carbonyl (C=O) groups is 1. The van der Waals surface area contributed by atoms with Crippen LogP contribution < -0.4 is 9.47 Å². The molecule has 0 amide bonds. The van der Waals surface area contributed by atoms with Crippen LogP contribution in [0.3, 0.4) is 0 Å². The lowest BCUT2D eigenvalue weighted by Gasteiger charge is -2.14. The topological polar surface area (TPSA) is 83.7 Å². The normalized spacial score (nSPS) is 11.7. The van der Waals surface area contributed by atoms with E-state index < -0.39 is 12.1 Å². The number of nitrogens with zero attached hydrogens (tertiary/aromatic N) is 2. The quantitative estimate of drug-likeness (QED) is 0.624. The van der Waals surface area contributed by atoms with Crippen LogP contribution in [0.25, 0.3) is 11.5 Å². The van der Waals surface area contributed by atoms with Crippen LogP contribution in [-0.4, -0.2) is 30.4 Å². The fourth-order valence-electron chi connectivity index (χ4n) is 2.42. The van der Waals surface area contributed by atoms with Gasteiger partial charge in [-0.2, -0.15) is 0 Å². The monoisotopic (exact) mass is 354 g/mol. The molecule has 0 saturated heterocycles. The van der Waals surface area contributed by atoms with Crippen molar-refractivity contribution in [3.05, 3.63) is 60.0 Å². The minimum Gasteiger partial charge on any atom is -0.496 e. The zero-order chi connectivity index (χ0) is 18.5. The van der Waals surface area contributed by atoms with Crippen LogP contribution in [0.4, 0.5) is 0 Å². The van der Waals surface area contributed by atoms with Crippen molar-refractivity contribution in [3.8, 4) is 23.0 Å². The second kappa shape index (κ2) is 7.69. The van der Waals surface area contributed by atoms with Gasteiger partial charge in [0.2, 0.25) is 5.89 Å². The average Bonchev–Trinajstić information content (AvgIpc) is 3.18. The van der Waals surface area contributed by atoms with E-state index >= 15 is 0 Å². The molecule has 0 aliphatic carbocycles. The van der Waals surface area contributed by atoms with Crippen LogP contribution >= 0.6 is 0 Å². The van der Waals surface area contributed by atoms with Crippen LogP contribution in [0, 0.1) is 0 Å². The van der Waals surface area contributed by atoms with Gasteiger partial charge in [0.25, 0.3) is 5.89 Å². The number of benzene rings is 2. The number of carbonyl (C=O) groups excluding carboxylic acids is 1.